The van der Waals surface area contributed by atoms with Gasteiger partial charge in [-0.1, -0.05) is 12.6 Å². The maximum Gasteiger partial charge on any atom is 0.247 e. The molecule has 0 aliphatic rings. The molecule has 0 unspecified atom stereocenters. The van der Waals surface area contributed by atoms with Gasteiger partial charge in [0.05, 0.1) is 23.3 Å². The van der Waals surface area contributed by atoms with E-state index < -0.39 is 0 Å². The lowest BCUT2D eigenvalue weighted by atomic mass is 10.2. The number of nitrogens with one attached hydrogen (secondary N) is 2. The second kappa shape index (κ2) is 10.3. The quantitative estimate of drug-likeness (QED) is 0.356. The van der Waals surface area contributed by atoms with Crippen molar-refractivity contribution in [2.24, 2.45) is 0 Å². The molecule has 0 aliphatic carbocycles. The molecule has 2 N–H and O–H groups in total. The Balaban J connectivity index is 1.64. The maximum absolute atomic E-state index is 13.7. The van der Waals surface area contributed by atoms with Crippen LogP contribution in [0.1, 0.15) is 0 Å². The number of hydrogen-bond donors (Lipinski definition) is 2. The molecule has 35 heavy (non-hydrogen) atoms. The highest BCUT2D eigenvalue weighted by atomic mass is 19.1. The summed E-state index contributed by atoms with van der Waals surface area (Å²) in [5.41, 5.74) is 3.91. The van der Waals surface area contributed by atoms with E-state index in [1.54, 1.807) is 29.2 Å². The minimum absolute atomic E-state index is 0.305. The highest BCUT2D eigenvalue weighted by Crippen LogP contribution is 2.30. The smallest absolute Gasteiger partial charge is 0.247 e. The molecule has 2 aromatic carbocycles. The van der Waals surface area contributed by atoms with Crippen molar-refractivity contribution in [1.82, 2.24) is 24.4 Å². The van der Waals surface area contributed by atoms with Gasteiger partial charge in [0.25, 0.3) is 0 Å². The topological polar surface area (TPSA) is 91.2 Å². The van der Waals surface area contributed by atoms with E-state index in [-0.39, 0.29) is 11.7 Å². The number of aromatic nitrogens is 4. The lowest BCUT2D eigenvalue weighted by molar-refractivity contribution is -0.111. The minimum Gasteiger partial charge on any atom is -0.372 e. The molecule has 4 aromatic rings. The normalized spacial score (nSPS) is 11.0. The van der Waals surface area contributed by atoms with Crippen LogP contribution in [0.25, 0.3) is 16.9 Å². The average Bonchev–Trinajstić information content (AvgIpc) is 3.26. The van der Waals surface area contributed by atoms with Crippen LogP contribution in [-0.4, -0.2) is 64.6 Å². The van der Waals surface area contributed by atoms with Crippen molar-refractivity contribution in [1.29, 1.82) is 0 Å². The average molecular weight is 475 g/mol. The van der Waals surface area contributed by atoms with Crippen LogP contribution < -0.4 is 15.5 Å². The van der Waals surface area contributed by atoms with Gasteiger partial charge in [-0.25, -0.2) is 14.4 Å². The Kier molecular flexibility index (Phi) is 7.02. The van der Waals surface area contributed by atoms with Gasteiger partial charge < -0.3 is 20.4 Å². The van der Waals surface area contributed by atoms with Crippen molar-refractivity contribution in [2.75, 3.05) is 49.8 Å². The largest absolute Gasteiger partial charge is 0.372 e. The molecule has 0 spiro atoms. The summed E-state index contributed by atoms with van der Waals surface area (Å²) in [6.45, 7) is 5.18. The van der Waals surface area contributed by atoms with Crippen LogP contribution in [0.15, 0.2) is 67.6 Å². The standard InChI is InChI=1S/C25H27FN8O/c1-5-23(35)30-20-14-18(9-10-22(20)33(4)12-11-32(2)3)29-25-27-15-21-24(31-25)34(16-28-21)19-8-6-7-17(26)13-19/h5-10,13-16H,1,11-12H2,2-4H3,(H,30,35)(H,27,29,31). The Morgan fingerprint density at radius 1 is 1.14 bits per heavy atom. The van der Waals surface area contributed by atoms with Gasteiger partial charge in [0, 0.05) is 25.8 Å². The predicted molar refractivity (Wildman–Crippen MR) is 137 cm³/mol. The van der Waals surface area contributed by atoms with E-state index in [0.717, 1.165) is 18.8 Å². The fraction of sp³-hybridized carbons (Fsp3) is 0.200. The molecule has 9 nitrogen and oxygen atoms in total. The highest BCUT2D eigenvalue weighted by molar-refractivity contribution is 6.01. The Hall–Kier alpha value is -4.31. The summed E-state index contributed by atoms with van der Waals surface area (Å²) in [5, 5.41) is 6.06. The zero-order chi connectivity index (χ0) is 24.9. The maximum atomic E-state index is 13.7. The third-order valence-corrected chi connectivity index (χ3v) is 5.37. The molecular formula is C25H27FN8O. The fourth-order valence-corrected chi connectivity index (χ4v) is 3.51. The molecule has 2 heterocycles. The zero-order valence-corrected chi connectivity index (χ0v) is 19.9. The zero-order valence-electron chi connectivity index (χ0n) is 19.9. The number of fused-ring (bicyclic) bond motifs is 1. The van der Waals surface area contributed by atoms with Crippen molar-refractivity contribution in [3.05, 3.63) is 73.5 Å². The van der Waals surface area contributed by atoms with Crippen molar-refractivity contribution < 1.29 is 9.18 Å². The first kappa shape index (κ1) is 23.8. The number of carbonyl (C=O) groups is 1. The van der Waals surface area contributed by atoms with Crippen LogP contribution in [0.4, 0.5) is 27.4 Å². The second-order valence-electron chi connectivity index (χ2n) is 8.27. The van der Waals surface area contributed by atoms with E-state index in [1.807, 2.05) is 39.3 Å². The van der Waals surface area contributed by atoms with E-state index in [2.05, 4.69) is 42.0 Å². The first-order valence-corrected chi connectivity index (χ1v) is 11.0. The summed E-state index contributed by atoms with van der Waals surface area (Å²) in [5.74, 6) is -0.312. The van der Waals surface area contributed by atoms with E-state index in [4.69, 9.17) is 0 Å². The molecule has 1 amide bonds. The number of imidazole rings is 1. The Bertz CT molecular complexity index is 1370. The Morgan fingerprint density at radius 2 is 1.97 bits per heavy atom. The first-order chi connectivity index (χ1) is 16.8. The lowest BCUT2D eigenvalue weighted by Crippen LogP contribution is -2.29. The molecule has 4 rings (SSSR count). The molecular weight excluding hydrogens is 447 g/mol. The van der Waals surface area contributed by atoms with Crippen molar-refractivity contribution in [3.8, 4) is 5.69 Å². The van der Waals surface area contributed by atoms with E-state index in [1.165, 1.54) is 18.2 Å². The van der Waals surface area contributed by atoms with Gasteiger partial charge in [0.15, 0.2) is 5.65 Å². The third-order valence-electron chi connectivity index (χ3n) is 5.37. The van der Waals surface area contributed by atoms with Crippen LogP contribution in [-0.2, 0) is 4.79 Å². The molecule has 0 saturated carbocycles. The molecule has 0 fully saturated rings. The summed E-state index contributed by atoms with van der Waals surface area (Å²) in [6, 6.07) is 11.8. The molecule has 2 aromatic heterocycles. The fourth-order valence-electron chi connectivity index (χ4n) is 3.51. The van der Waals surface area contributed by atoms with Crippen LogP contribution in [0.5, 0.6) is 0 Å². The molecule has 0 saturated heterocycles. The molecule has 10 heteroatoms. The molecule has 180 valence electrons. The highest BCUT2D eigenvalue weighted by Gasteiger charge is 2.13. The SMILES string of the molecule is C=CC(=O)Nc1cc(Nc2ncc3ncn(-c4cccc(F)c4)c3n2)ccc1N(C)CCN(C)C. The number of carbonyl (C=O) groups excluding carboxylic acids is 1. The number of halogens is 1. The van der Waals surface area contributed by atoms with Gasteiger partial charge in [-0.3, -0.25) is 9.36 Å². The summed E-state index contributed by atoms with van der Waals surface area (Å²) in [4.78, 5) is 29.5. The summed E-state index contributed by atoms with van der Waals surface area (Å²) >= 11 is 0. The Labute approximate surface area is 202 Å². The van der Waals surface area contributed by atoms with Gasteiger partial charge in [-0.15, -0.1) is 0 Å². The van der Waals surface area contributed by atoms with Crippen LogP contribution in [0.2, 0.25) is 0 Å². The second-order valence-corrected chi connectivity index (χ2v) is 8.27. The molecule has 0 aliphatic heterocycles. The first-order valence-electron chi connectivity index (χ1n) is 11.0. The van der Waals surface area contributed by atoms with Crippen LogP contribution in [0.3, 0.4) is 0 Å². The number of rotatable bonds is 9. The van der Waals surface area contributed by atoms with E-state index >= 15 is 0 Å². The number of nitrogens with zero attached hydrogens (tertiary/aromatic N) is 6. The Morgan fingerprint density at radius 3 is 2.71 bits per heavy atom. The van der Waals surface area contributed by atoms with Crippen molar-refractivity contribution in [3.63, 3.8) is 0 Å². The third kappa shape index (κ3) is 5.61. The molecule has 0 atom stereocenters. The summed E-state index contributed by atoms with van der Waals surface area (Å²) in [6.07, 6.45) is 4.41. The van der Waals surface area contributed by atoms with Gasteiger partial charge in [0.2, 0.25) is 11.9 Å². The number of benzene rings is 2. The van der Waals surface area contributed by atoms with Crippen LogP contribution >= 0.6 is 0 Å². The van der Waals surface area contributed by atoms with Crippen molar-refractivity contribution in [2.45, 2.75) is 0 Å². The van der Waals surface area contributed by atoms with Crippen LogP contribution in [0, 0.1) is 5.82 Å². The molecule has 0 bridgehead atoms. The van der Waals surface area contributed by atoms with Gasteiger partial charge >= 0.3 is 0 Å². The monoisotopic (exact) mass is 474 g/mol. The molecule has 0 radical (unpaired) electrons. The van der Waals surface area contributed by atoms with Crippen molar-refractivity contribution >= 4 is 40.1 Å². The number of hydrogen-bond acceptors (Lipinski definition) is 7. The van der Waals surface area contributed by atoms with Gasteiger partial charge in [-0.05, 0) is 56.6 Å². The number of anilines is 4. The lowest BCUT2D eigenvalue weighted by Gasteiger charge is -2.24. The predicted octanol–water partition coefficient (Wildman–Crippen LogP) is 3.82. The van der Waals surface area contributed by atoms with E-state index in [9.17, 15) is 9.18 Å². The summed E-state index contributed by atoms with van der Waals surface area (Å²) < 4.78 is 15.4. The summed E-state index contributed by atoms with van der Waals surface area (Å²) in [7, 11) is 6.00. The van der Waals surface area contributed by atoms with E-state index in [0.29, 0.717) is 34.2 Å². The van der Waals surface area contributed by atoms with Gasteiger partial charge in [-0.2, -0.15) is 4.98 Å². The van der Waals surface area contributed by atoms with Gasteiger partial charge in [0.1, 0.15) is 17.7 Å². The number of amides is 1. The minimum atomic E-state index is -0.346. The number of likely N-dealkylation sites (N-methyl/N-ethyl adjacent to an activating group) is 2.